The van der Waals surface area contributed by atoms with E-state index >= 15 is 0 Å². The van der Waals surface area contributed by atoms with Crippen LogP contribution in [0.1, 0.15) is 29.7 Å². The van der Waals surface area contributed by atoms with Crippen molar-refractivity contribution < 1.29 is 9.84 Å². The average molecular weight is 312 g/mol. The van der Waals surface area contributed by atoms with E-state index in [-0.39, 0.29) is 0 Å². The molecule has 4 heteroatoms. The number of aliphatic hydroxyl groups excluding tert-OH is 1. The van der Waals surface area contributed by atoms with Crippen LogP contribution in [-0.4, -0.2) is 28.3 Å². The largest absolute Gasteiger partial charge is 0.384 e. The molecule has 4 nitrogen and oxygen atoms in total. The van der Waals surface area contributed by atoms with Crippen molar-refractivity contribution in [3.05, 3.63) is 85.0 Å². The van der Waals surface area contributed by atoms with E-state index in [0.717, 1.165) is 12.0 Å². The third-order valence-electron chi connectivity index (χ3n) is 3.07. The molecule has 0 aliphatic carbocycles. The fraction of sp³-hybridized carbons (Fsp3) is 0.263. The quantitative estimate of drug-likeness (QED) is 0.628. The fourth-order valence-electron chi connectivity index (χ4n) is 1.81. The standard InChI is InChI=1S/C13H14N2O.C6H10O/c1-2-10-3-5-11(6-4-10)13(16)12-7-14-9-15-8-12;1-3-5-7-6-4-2/h3-9,13,16H,2H2,1H3;3-4H,1-2,5-6H2. The number of aryl methyl sites for hydroxylation is 1. The number of nitrogens with zero attached hydrogens (tertiary/aromatic N) is 2. The van der Waals surface area contributed by atoms with E-state index in [2.05, 4.69) is 30.0 Å². The van der Waals surface area contributed by atoms with Gasteiger partial charge in [-0.05, 0) is 17.5 Å². The Bertz CT molecular complexity index is 560. The maximum absolute atomic E-state index is 10.1. The average Bonchev–Trinajstić information content (AvgIpc) is 2.63. The van der Waals surface area contributed by atoms with Crippen molar-refractivity contribution in [3.8, 4) is 0 Å². The number of aliphatic hydroxyl groups is 1. The zero-order chi connectivity index (χ0) is 16.9. The number of hydrogen-bond acceptors (Lipinski definition) is 4. The zero-order valence-corrected chi connectivity index (χ0v) is 13.6. The summed E-state index contributed by atoms with van der Waals surface area (Å²) in [5, 5.41) is 10.1. The first-order valence-electron chi connectivity index (χ1n) is 7.54. The van der Waals surface area contributed by atoms with Crippen LogP contribution < -0.4 is 0 Å². The molecule has 1 N–H and O–H groups in total. The summed E-state index contributed by atoms with van der Waals surface area (Å²) in [5.41, 5.74) is 2.85. The molecule has 0 aliphatic rings. The molecule has 1 unspecified atom stereocenters. The van der Waals surface area contributed by atoms with Gasteiger partial charge in [0.1, 0.15) is 12.4 Å². The van der Waals surface area contributed by atoms with E-state index in [1.807, 2.05) is 24.3 Å². The van der Waals surface area contributed by atoms with Crippen LogP contribution >= 0.6 is 0 Å². The molecule has 0 bridgehead atoms. The summed E-state index contributed by atoms with van der Waals surface area (Å²) >= 11 is 0. The highest BCUT2D eigenvalue weighted by atomic mass is 16.5. The van der Waals surface area contributed by atoms with Gasteiger partial charge in [0.15, 0.2) is 0 Å². The highest BCUT2D eigenvalue weighted by Crippen LogP contribution is 2.20. The molecule has 0 amide bonds. The number of hydrogen-bond donors (Lipinski definition) is 1. The lowest BCUT2D eigenvalue weighted by atomic mass is 10.0. The molecule has 1 atom stereocenters. The number of benzene rings is 1. The lowest BCUT2D eigenvalue weighted by molar-refractivity contribution is 0.194. The van der Waals surface area contributed by atoms with Gasteiger partial charge >= 0.3 is 0 Å². The van der Waals surface area contributed by atoms with Gasteiger partial charge in [-0.25, -0.2) is 9.97 Å². The Morgan fingerprint density at radius 3 is 2.09 bits per heavy atom. The first-order valence-corrected chi connectivity index (χ1v) is 7.54. The van der Waals surface area contributed by atoms with Crippen molar-refractivity contribution in [2.75, 3.05) is 13.2 Å². The van der Waals surface area contributed by atoms with E-state index in [1.165, 1.54) is 11.9 Å². The van der Waals surface area contributed by atoms with Gasteiger partial charge in [0, 0.05) is 18.0 Å². The minimum absolute atomic E-state index is 0.617. The molecule has 122 valence electrons. The summed E-state index contributed by atoms with van der Waals surface area (Å²) in [5.74, 6) is 0. The molecule has 0 saturated heterocycles. The molecule has 1 heterocycles. The molecule has 0 saturated carbocycles. The van der Waals surface area contributed by atoms with Gasteiger partial charge < -0.3 is 9.84 Å². The molecular formula is C19H24N2O2. The smallest absolute Gasteiger partial charge is 0.115 e. The van der Waals surface area contributed by atoms with E-state index in [0.29, 0.717) is 18.8 Å². The van der Waals surface area contributed by atoms with Crippen LogP contribution in [-0.2, 0) is 11.2 Å². The fourth-order valence-corrected chi connectivity index (χ4v) is 1.81. The Hall–Kier alpha value is -2.30. The van der Waals surface area contributed by atoms with Crippen LogP contribution in [0.3, 0.4) is 0 Å². The Labute approximate surface area is 138 Å². The van der Waals surface area contributed by atoms with Crippen LogP contribution in [0.15, 0.2) is 68.3 Å². The SMILES string of the molecule is C=CCOCC=C.CCc1ccc(C(O)c2cncnc2)cc1. The normalized spacial score (nSPS) is 11.0. The van der Waals surface area contributed by atoms with E-state index < -0.39 is 6.10 Å². The summed E-state index contributed by atoms with van der Waals surface area (Å²) in [6.45, 7) is 10.3. The Morgan fingerprint density at radius 1 is 1.04 bits per heavy atom. The van der Waals surface area contributed by atoms with Gasteiger partial charge in [-0.3, -0.25) is 0 Å². The van der Waals surface area contributed by atoms with Crippen molar-refractivity contribution in [2.45, 2.75) is 19.4 Å². The third-order valence-corrected chi connectivity index (χ3v) is 3.07. The van der Waals surface area contributed by atoms with Crippen LogP contribution in [0, 0.1) is 0 Å². The van der Waals surface area contributed by atoms with Crippen molar-refractivity contribution in [2.24, 2.45) is 0 Å². The van der Waals surface area contributed by atoms with Crippen LogP contribution in [0.4, 0.5) is 0 Å². The van der Waals surface area contributed by atoms with Crippen molar-refractivity contribution in [3.63, 3.8) is 0 Å². The van der Waals surface area contributed by atoms with Gasteiger partial charge in [-0.15, -0.1) is 13.2 Å². The summed E-state index contributed by atoms with van der Waals surface area (Å²) in [7, 11) is 0. The van der Waals surface area contributed by atoms with Gasteiger partial charge in [0.25, 0.3) is 0 Å². The Morgan fingerprint density at radius 2 is 1.61 bits per heavy atom. The maximum Gasteiger partial charge on any atom is 0.115 e. The van der Waals surface area contributed by atoms with E-state index in [9.17, 15) is 5.11 Å². The molecule has 0 spiro atoms. The topological polar surface area (TPSA) is 55.2 Å². The molecule has 0 radical (unpaired) electrons. The summed E-state index contributed by atoms with van der Waals surface area (Å²) in [4.78, 5) is 7.79. The predicted octanol–water partition coefficient (Wildman–Crippen LogP) is 3.50. The minimum atomic E-state index is -0.646. The second-order valence-electron chi connectivity index (χ2n) is 4.78. The van der Waals surface area contributed by atoms with Crippen LogP contribution in [0.2, 0.25) is 0 Å². The summed E-state index contributed by atoms with van der Waals surface area (Å²) < 4.78 is 4.90. The Balaban J connectivity index is 0.000000322. The lowest BCUT2D eigenvalue weighted by Crippen LogP contribution is -2.00. The Kier molecular flexibility index (Phi) is 9.20. The molecule has 2 aromatic rings. The molecule has 1 aromatic carbocycles. The molecule has 2 rings (SSSR count). The van der Waals surface area contributed by atoms with Crippen molar-refractivity contribution in [1.82, 2.24) is 9.97 Å². The first-order chi connectivity index (χ1) is 11.2. The van der Waals surface area contributed by atoms with E-state index in [1.54, 1.807) is 24.5 Å². The van der Waals surface area contributed by atoms with Crippen LogP contribution in [0.25, 0.3) is 0 Å². The zero-order valence-electron chi connectivity index (χ0n) is 13.6. The monoisotopic (exact) mass is 312 g/mol. The maximum atomic E-state index is 10.1. The number of ether oxygens (including phenoxy) is 1. The van der Waals surface area contributed by atoms with Gasteiger partial charge in [0.05, 0.1) is 13.2 Å². The van der Waals surface area contributed by atoms with Crippen molar-refractivity contribution >= 4 is 0 Å². The minimum Gasteiger partial charge on any atom is -0.384 e. The number of rotatable bonds is 7. The lowest BCUT2D eigenvalue weighted by Gasteiger charge is -2.10. The van der Waals surface area contributed by atoms with Gasteiger partial charge in [-0.1, -0.05) is 43.3 Å². The third kappa shape index (κ3) is 7.00. The molecule has 23 heavy (non-hydrogen) atoms. The summed E-state index contributed by atoms with van der Waals surface area (Å²) in [6, 6.07) is 7.94. The second kappa shape index (κ2) is 11.3. The van der Waals surface area contributed by atoms with Crippen LogP contribution in [0.5, 0.6) is 0 Å². The predicted molar refractivity (Wildman–Crippen MR) is 93.1 cm³/mol. The van der Waals surface area contributed by atoms with E-state index in [4.69, 9.17) is 4.74 Å². The first kappa shape index (κ1) is 18.7. The molecular weight excluding hydrogens is 288 g/mol. The van der Waals surface area contributed by atoms with Gasteiger partial charge in [-0.2, -0.15) is 0 Å². The summed E-state index contributed by atoms with van der Waals surface area (Å²) in [6.07, 6.45) is 8.50. The number of aromatic nitrogens is 2. The second-order valence-corrected chi connectivity index (χ2v) is 4.78. The highest BCUT2D eigenvalue weighted by Gasteiger charge is 2.10. The van der Waals surface area contributed by atoms with Crippen molar-refractivity contribution in [1.29, 1.82) is 0 Å². The molecule has 0 fully saturated rings. The van der Waals surface area contributed by atoms with Gasteiger partial charge in [0.2, 0.25) is 0 Å². The molecule has 1 aromatic heterocycles. The highest BCUT2D eigenvalue weighted by molar-refractivity contribution is 5.29. The molecule has 0 aliphatic heterocycles.